The summed E-state index contributed by atoms with van der Waals surface area (Å²) in [5, 5.41) is 0.386. The lowest BCUT2D eigenvalue weighted by Crippen LogP contribution is -2.35. The van der Waals surface area contributed by atoms with Gasteiger partial charge in [-0.3, -0.25) is 14.6 Å². The number of nitrogens with zero attached hydrogens (tertiary/aromatic N) is 3. The van der Waals surface area contributed by atoms with Crippen molar-refractivity contribution in [2.75, 3.05) is 18.0 Å². The number of rotatable bonds is 3. The topological polar surface area (TPSA) is 87.7 Å². The van der Waals surface area contributed by atoms with Gasteiger partial charge in [-0.05, 0) is 57.0 Å². The molecule has 0 unspecified atom stereocenters. The standard InChI is InChI=1S/C24H23N3O4S/c1-15-6-8-17(9-7-15)27-23(28)21-16(2)25-20-11-10-18(14-19(20)22(21)24(27)29)32(30,31)26-12-4-3-5-13-26/h6-11,14H,3-5,12-13H2,1-2H3. The number of imide groups is 1. The molecule has 2 aromatic carbocycles. The lowest BCUT2D eigenvalue weighted by Gasteiger charge is -2.26. The van der Waals surface area contributed by atoms with Crippen molar-refractivity contribution < 1.29 is 18.0 Å². The van der Waals surface area contributed by atoms with Gasteiger partial charge in [0.1, 0.15) is 0 Å². The summed E-state index contributed by atoms with van der Waals surface area (Å²) in [5.74, 6) is -0.901. The van der Waals surface area contributed by atoms with E-state index in [1.807, 2.05) is 19.1 Å². The van der Waals surface area contributed by atoms with E-state index < -0.39 is 21.8 Å². The van der Waals surface area contributed by atoms with Gasteiger partial charge in [-0.25, -0.2) is 13.3 Å². The molecule has 7 nitrogen and oxygen atoms in total. The van der Waals surface area contributed by atoms with Gasteiger partial charge in [-0.2, -0.15) is 4.31 Å². The number of carbonyl (C=O) groups is 2. The molecule has 32 heavy (non-hydrogen) atoms. The normalized spacial score (nSPS) is 17.2. The molecular weight excluding hydrogens is 426 g/mol. The molecule has 0 aliphatic carbocycles. The third-order valence-corrected chi connectivity index (χ3v) is 8.11. The number of hydrogen-bond donors (Lipinski definition) is 0. The van der Waals surface area contributed by atoms with Crippen LogP contribution in [0.3, 0.4) is 0 Å². The van der Waals surface area contributed by atoms with Gasteiger partial charge in [0.15, 0.2) is 0 Å². The molecule has 5 rings (SSSR count). The van der Waals surface area contributed by atoms with Gasteiger partial charge in [0.25, 0.3) is 11.8 Å². The number of piperidine rings is 1. The van der Waals surface area contributed by atoms with E-state index >= 15 is 0 Å². The molecule has 3 aromatic rings. The Bertz CT molecular complexity index is 1370. The molecule has 8 heteroatoms. The Morgan fingerprint density at radius 2 is 1.50 bits per heavy atom. The van der Waals surface area contributed by atoms with Crippen molar-refractivity contribution >= 4 is 38.4 Å². The minimum atomic E-state index is -3.69. The van der Waals surface area contributed by atoms with Gasteiger partial charge in [0.05, 0.1) is 32.9 Å². The summed E-state index contributed by atoms with van der Waals surface area (Å²) in [5.41, 5.74) is 2.88. The van der Waals surface area contributed by atoms with Gasteiger partial charge >= 0.3 is 0 Å². The number of hydrogen-bond acceptors (Lipinski definition) is 5. The van der Waals surface area contributed by atoms with Gasteiger partial charge in [-0.1, -0.05) is 24.1 Å². The predicted octanol–water partition coefficient (Wildman–Crippen LogP) is 3.83. The largest absolute Gasteiger partial charge is 0.268 e. The van der Waals surface area contributed by atoms with E-state index in [1.165, 1.54) is 16.4 Å². The Morgan fingerprint density at radius 1 is 0.844 bits per heavy atom. The van der Waals surface area contributed by atoms with Crippen LogP contribution in [-0.4, -0.2) is 42.6 Å². The summed E-state index contributed by atoms with van der Waals surface area (Å²) in [6.45, 7) is 4.60. The number of fused-ring (bicyclic) bond motifs is 3. The maximum absolute atomic E-state index is 13.4. The van der Waals surface area contributed by atoms with Crippen LogP contribution in [0.4, 0.5) is 5.69 Å². The van der Waals surface area contributed by atoms with Gasteiger partial charge in [0, 0.05) is 18.5 Å². The Labute approximate surface area is 186 Å². The van der Waals surface area contributed by atoms with Crippen LogP contribution < -0.4 is 4.90 Å². The number of aryl methyl sites for hydroxylation is 2. The van der Waals surface area contributed by atoms with Crippen LogP contribution in [-0.2, 0) is 10.0 Å². The Morgan fingerprint density at radius 3 is 2.19 bits per heavy atom. The quantitative estimate of drug-likeness (QED) is 0.567. The van der Waals surface area contributed by atoms with Gasteiger partial charge in [-0.15, -0.1) is 0 Å². The van der Waals surface area contributed by atoms with Crippen molar-refractivity contribution in [3.63, 3.8) is 0 Å². The molecule has 0 bridgehead atoms. The maximum Gasteiger partial charge on any atom is 0.268 e. The van der Waals surface area contributed by atoms with Crippen LogP contribution in [0.1, 0.15) is 51.2 Å². The summed E-state index contributed by atoms with van der Waals surface area (Å²) in [6.07, 6.45) is 2.69. The third-order valence-electron chi connectivity index (χ3n) is 6.22. The van der Waals surface area contributed by atoms with Gasteiger partial charge < -0.3 is 0 Å². The lowest BCUT2D eigenvalue weighted by molar-refractivity contribution is 0.0926. The van der Waals surface area contributed by atoms with E-state index in [4.69, 9.17) is 0 Å². The van der Waals surface area contributed by atoms with E-state index in [0.717, 1.165) is 29.7 Å². The first kappa shape index (κ1) is 20.8. The molecule has 2 aliphatic rings. The zero-order chi connectivity index (χ0) is 22.6. The summed E-state index contributed by atoms with van der Waals surface area (Å²) in [7, 11) is -3.69. The Hall–Kier alpha value is -3.10. The molecule has 164 valence electrons. The van der Waals surface area contributed by atoms with Gasteiger partial charge in [0.2, 0.25) is 10.0 Å². The highest BCUT2D eigenvalue weighted by molar-refractivity contribution is 7.89. The monoisotopic (exact) mass is 449 g/mol. The van der Waals surface area contributed by atoms with Crippen LogP contribution in [0.25, 0.3) is 10.9 Å². The third kappa shape index (κ3) is 3.13. The van der Waals surface area contributed by atoms with E-state index in [-0.39, 0.29) is 16.0 Å². The van der Waals surface area contributed by atoms with E-state index in [0.29, 0.717) is 35.4 Å². The molecule has 0 atom stereocenters. The Balaban J connectivity index is 1.67. The average Bonchev–Trinajstić information content (AvgIpc) is 3.06. The number of pyridine rings is 1. The fourth-order valence-electron chi connectivity index (χ4n) is 4.51. The molecule has 1 aromatic heterocycles. The molecule has 0 spiro atoms. The molecule has 0 radical (unpaired) electrons. The summed E-state index contributed by atoms with van der Waals surface area (Å²) in [4.78, 5) is 32.4. The first-order valence-corrected chi connectivity index (χ1v) is 12.1. The fourth-order valence-corrected chi connectivity index (χ4v) is 6.05. The average molecular weight is 450 g/mol. The first-order valence-electron chi connectivity index (χ1n) is 10.7. The second-order valence-corrected chi connectivity index (χ2v) is 10.3. The van der Waals surface area contributed by atoms with Crippen molar-refractivity contribution in [3.05, 3.63) is 64.8 Å². The highest BCUT2D eigenvalue weighted by atomic mass is 32.2. The minimum Gasteiger partial charge on any atom is -0.268 e. The predicted molar refractivity (Wildman–Crippen MR) is 121 cm³/mol. The number of carbonyl (C=O) groups excluding carboxylic acids is 2. The second-order valence-electron chi connectivity index (χ2n) is 8.37. The fraction of sp³-hybridized carbons (Fsp3) is 0.292. The molecule has 1 fully saturated rings. The van der Waals surface area contributed by atoms with Crippen molar-refractivity contribution in [2.45, 2.75) is 38.0 Å². The number of anilines is 1. The van der Waals surface area contributed by atoms with Crippen LogP contribution >= 0.6 is 0 Å². The number of sulfonamides is 1. The molecular formula is C24H23N3O4S. The summed E-state index contributed by atoms with van der Waals surface area (Å²) >= 11 is 0. The molecule has 0 N–H and O–H groups in total. The van der Waals surface area contributed by atoms with E-state index in [1.54, 1.807) is 25.1 Å². The van der Waals surface area contributed by atoms with Crippen LogP contribution in [0, 0.1) is 13.8 Å². The second kappa shape index (κ2) is 7.50. The SMILES string of the molecule is Cc1ccc(N2C(=O)c3c(C)nc4ccc(S(=O)(=O)N5CCCCC5)cc4c3C2=O)cc1. The smallest absolute Gasteiger partial charge is 0.268 e. The van der Waals surface area contributed by atoms with E-state index in [2.05, 4.69) is 4.98 Å². The minimum absolute atomic E-state index is 0.119. The highest BCUT2D eigenvalue weighted by Crippen LogP contribution is 2.35. The summed E-state index contributed by atoms with van der Waals surface area (Å²) in [6, 6.07) is 11.8. The summed E-state index contributed by atoms with van der Waals surface area (Å²) < 4.78 is 27.9. The maximum atomic E-state index is 13.4. The number of amides is 2. The molecule has 2 amide bonds. The molecule has 1 saturated heterocycles. The molecule has 0 saturated carbocycles. The molecule has 3 heterocycles. The molecule has 2 aliphatic heterocycles. The Kier molecular flexibility index (Phi) is 4.87. The van der Waals surface area contributed by atoms with Crippen molar-refractivity contribution in [2.24, 2.45) is 0 Å². The van der Waals surface area contributed by atoms with Crippen LogP contribution in [0.2, 0.25) is 0 Å². The number of aromatic nitrogens is 1. The van der Waals surface area contributed by atoms with Crippen LogP contribution in [0.15, 0.2) is 47.4 Å². The zero-order valence-electron chi connectivity index (χ0n) is 18.0. The number of benzene rings is 2. The zero-order valence-corrected chi connectivity index (χ0v) is 18.8. The first-order chi connectivity index (χ1) is 15.3. The van der Waals surface area contributed by atoms with Crippen molar-refractivity contribution in [1.82, 2.24) is 9.29 Å². The van der Waals surface area contributed by atoms with Crippen molar-refractivity contribution in [3.8, 4) is 0 Å². The van der Waals surface area contributed by atoms with E-state index in [9.17, 15) is 18.0 Å². The highest BCUT2D eigenvalue weighted by Gasteiger charge is 2.40. The lowest BCUT2D eigenvalue weighted by atomic mass is 10.0. The van der Waals surface area contributed by atoms with Crippen LogP contribution in [0.5, 0.6) is 0 Å². The van der Waals surface area contributed by atoms with Crippen molar-refractivity contribution in [1.29, 1.82) is 0 Å².